The highest BCUT2D eigenvalue weighted by atomic mass is 35.5. The number of carbonyl (C=O) groups excluding carboxylic acids is 2. The maximum Gasteiger partial charge on any atom is 0.273 e. The molecule has 8 nitrogen and oxygen atoms in total. The lowest BCUT2D eigenvalue weighted by Gasteiger charge is -2.28. The second-order valence-electron chi connectivity index (χ2n) is 7.36. The van der Waals surface area contributed by atoms with Crippen molar-refractivity contribution in [3.05, 3.63) is 59.2 Å². The smallest absolute Gasteiger partial charge is 0.273 e. The number of anilines is 1. The summed E-state index contributed by atoms with van der Waals surface area (Å²) in [5.41, 5.74) is 1.02. The fraction of sp³-hybridized carbons (Fsp3) is 0.381. The fourth-order valence-corrected chi connectivity index (χ4v) is 3.86. The molecule has 30 heavy (non-hydrogen) atoms. The van der Waals surface area contributed by atoms with Crippen molar-refractivity contribution in [1.29, 1.82) is 0 Å². The summed E-state index contributed by atoms with van der Waals surface area (Å²) in [6, 6.07) is 7.10. The number of nitrogens with one attached hydrogen (secondary N) is 2. The number of fused-ring (bicyclic) bond motifs is 1. The summed E-state index contributed by atoms with van der Waals surface area (Å²) in [7, 11) is 0. The Morgan fingerprint density at radius 1 is 1.17 bits per heavy atom. The van der Waals surface area contributed by atoms with E-state index >= 15 is 0 Å². The van der Waals surface area contributed by atoms with E-state index in [1.54, 1.807) is 29.3 Å². The number of carbonyl (C=O) groups is 2. The van der Waals surface area contributed by atoms with Gasteiger partial charge in [-0.3, -0.25) is 14.5 Å². The Kier molecular flexibility index (Phi) is 6.47. The zero-order valence-corrected chi connectivity index (χ0v) is 17.4. The zero-order valence-electron chi connectivity index (χ0n) is 16.7. The Morgan fingerprint density at radius 3 is 2.77 bits per heavy atom. The van der Waals surface area contributed by atoms with Gasteiger partial charge in [0.05, 0.1) is 23.5 Å². The monoisotopic (exact) mass is 428 g/mol. The van der Waals surface area contributed by atoms with Gasteiger partial charge in [0.25, 0.3) is 5.91 Å². The molecule has 1 saturated heterocycles. The minimum atomic E-state index is -0.266. The van der Waals surface area contributed by atoms with Crippen molar-refractivity contribution in [2.24, 2.45) is 0 Å². The van der Waals surface area contributed by atoms with Crippen LogP contribution in [0.25, 0.3) is 0 Å². The average Bonchev–Trinajstić information content (AvgIpc) is 3.19. The minimum Gasteiger partial charge on any atom is -0.330 e. The maximum absolute atomic E-state index is 12.7. The van der Waals surface area contributed by atoms with Crippen LogP contribution in [0, 0.1) is 0 Å². The second kappa shape index (κ2) is 9.42. The minimum absolute atomic E-state index is 0.0264. The highest BCUT2D eigenvalue weighted by Crippen LogP contribution is 2.22. The van der Waals surface area contributed by atoms with Crippen LogP contribution < -0.4 is 10.6 Å². The number of benzene rings is 1. The van der Waals surface area contributed by atoms with Crippen LogP contribution in [0.1, 0.15) is 16.3 Å². The topological polar surface area (TPSA) is 82.5 Å². The first kappa shape index (κ1) is 20.6. The van der Waals surface area contributed by atoms with Gasteiger partial charge in [-0.25, -0.2) is 4.98 Å². The van der Waals surface area contributed by atoms with Gasteiger partial charge in [0.15, 0.2) is 0 Å². The van der Waals surface area contributed by atoms with E-state index in [9.17, 15) is 9.59 Å². The SMILES string of the molecule is O=C(Nc1ccccc1Cl)c1cnc2n1CCN(C(=O)/C=C/CN1CCNCC1)C2. The van der Waals surface area contributed by atoms with Crippen molar-refractivity contribution in [2.75, 3.05) is 44.6 Å². The van der Waals surface area contributed by atoms with Gasteiger partial charge in [-0.15, -0.1) is 0 Å². The molecule has 1 aromatic carbocycles. The van der Waals surface area contributed by atoms with Crippen molar-refractivity contribution in [3.8, 4) is 0 Å². The van der Waals surface area contributed by atoms with Crippen molar-refractivity contribution in [1.82, 2.24) is 24.7 Å². The van der Waals surface area contributed by atoms with E-state index in [-0.39, 0.29) is 11.8 Å². The number of imidazole rings is 1. The summed E-state index contributed by atoms with van der Waals surface area (Å²) < 4.78 is 1.86. The Hall–Kier alpha value is -2.68. The zero-order chi connectivity index (χ0) is 20.9. The van der Waals surface area contributed by atoms with Crippen LogP contribution in [-0.2, 0) is 17.9 Å². The van der Waals surface area contributed by atoms with E-state index in [1.165, 1.54) is 0 Å². The number of halogens is 1. The molecule has 9 heteroatoms. The van der Waals surface area contributed by atoms with Crippen LogP contribution in [0.15, 0.2) is 42.6 Å². The molecule has 2 aromatic rings. The average molecular weight is 429 g/mol. The molecule has 2 N–H and O–H groups in total. The number of rotatable bonds is 5. The van der Waals surface area contributed by atoms with Crippen LogP contribution in [0.3, 0.4) is 0 Å². The van der Waals surface area contributed by atoms with Gasteiger partial charge in [-0.1, -0.05) is 29.8 Å². The lowest BCUT2D eigenvalue weighted by Crippen LogP contribution is -2.43. The molecular formula is C21H25ClN6O2. The summed E-state index contributed by atoms with van der Waals surface area (Å²) in [5.74, 6) is 0.411. The number of nitrogens with zero attached hydrogens (tertiary/aromatic N) is 4. The molecule has 2 aliphatic heterocycles. The summed E-state index contributed by atoms with van der Waals surface area (Å²) in [4.78, 5) is 33.7. The van der Waals surface area contributed by atoms with Crippen LogP contribution in [0.2, 0.25) is 5.02 Å². The Labute approximate surface area is 180 Å². The Balaban J connectivity index is 1.35. The molecule has 0 aliphatic carbocycles. The number of amides is 2. The molecule has 1 fully saturated rings. The first-order valence-electron chi connectivity index (χ1n) is 10.1. The van der Waals surface area contributed by atoms with Crippen LogP contribution in [-0.4, -0.2) is 70.4 Å². The van der Waals surface area contributed by atoms with E-state index in [0.717, 1.165) is 32.7 Å². The van der Waals surface area contributed by atoms with Crippen molar-refractivity contribution < 1.29 is 9.59 Å². The molecular weight excluding hydrogens is 404 g/mol. The van der Waals surface area contributed by atoms with E-state index in [0.29, 0.717) is 41.9 Å². The number of aromatic nitrogens is 2. The van der Waals surface area contributed by atoms with Gasteiger partial charge < -0.3 is 20.1 Å². The van der Waals surface area contributed by atoms with Crippen molar-refractivity contribution in [2.45, 2.75) is 13.1 Å². The lowest BCUT2D eigenvalue weighted by molar-refractivity contribution is -0.127. The number of piperazine rings is 1. The molecule has 0 atom stereocenters. The number of hydrogen-bond acceptors (Lipinski definition) is 5. The van der Waals surface area contributed by atoms with Crippen LogP contribution in [0.5, 0.6) is 0 Å². The van der Waals surface area contributed by atoms with E-state index in [1.807, 2.05) is 22.8 Å². The second-order valence-corrected chi connectivity index (χ2v) is 7.77. The van der Waals surface area contributed by atoms with Crippen molar-refractivity contribution >= 4 is 29.1 Å². The molecule has 3 heterocycles. The number of hydrogen-bond donors (Lipinski definition) is 2. The predicted molar refractivity (Wildman–Crippen MR) is 115 cm³/mol. The first-order chi connectivity index (χ1) is 14.6. The lowest BCUT2D eigenvalue weighted by atomic mass is 10.3. The van der Waals surface area contributed by atoms with Crippen molar-refractivity contribution in [3.63, 3.8) is 0 Å². The third-order valence-electron chi connectivity index (χ3n) is 5.36. The molecule has 2 amide bonds. The summed E-state index contributed by atoms with van der Waals surface area (Å²) in [5, 5.41) is 6.62. The highest BCUT2D eigenvalue weighted by Gasteiger charge is 2.25. The van der Waals surface area contributed by atoms with E-state index in [2.05, 4.69) is 20.5 Å². The van der Waals surface area contributed by atoms with E-state index in [4.69, 9.17) is 11.6 Å². The van der Waals surface area contributed by atoms with Gasteiger partial charge in [-0.2, -0.15) is 0 Å². The van der Waals surface area contributed by atoms with Gasteiger partial charge in [-0.05, 0) is 12.1 Å². The molecule has 0 saturated carbocycles. The Bertz CT molecular complexity index is 951. The van der Waals surface area contributed by atoms with Gasteiger partial charge in [0, 0.05) is 51.9 Å². The largest absolute Gasteiger partial charge is 0.330 e. The maximum atomic E-state index is 12.7. The molecule has 1 aromatic heterocycles. The molecule has 0 spiro atoms. The first-order valence-corrected chi connectivity index (χ1v) is 10.5. The van der Waals surface area contributed by atoms with Gasteiger partial charge in [0.2, 0.25) is 5.91 Å². The third kappa shape index (κ3) is 4.72. The molecule has 0 radical (unpaired) electrons. The summed E-state index contributed by atoms with van der Waals surface area (Å²) in [6.45, 7) is 6.20. The summed E-state index contributed by atoms with van der Waals surface area (Å²) >= 11 is 6.12. The molecule has 158 valence electrons. The van der Waals surface area contributed by atoms with Crippen LogP contribution >= 0.6 is 11.6 Å². The molecule has 4 rings (SSSR count). The fourth-order valence-electron chi connectivity index (χ4n) is 3.68. The normalized spacial score (nSPS) is 17.2. The van der Waals surface area contributed by atoms with E-state index < -0.39 is 0 Å². The van der Waals surface area contributed by atoms with Crippen LogP contribution in [0.4, 0.5) is 5.69 Å². The molecule has 0 unspecified atom stereocenters. The summed E-state index contributed by atoms with van der Waals surface area (Å²) in [6.07, 6.45) is 5.12. The third-order valence-corrected chi connectivity index (χ3v) is 5.69. The number of para-hydroxylation sites is 1. The highest BCUT2D eigenvalue weighted by molar-refractivity contribution is 6.33. The Morgan fingerprint density at radius 2 is 1.97 bits per heavy atom. The molecule has 0 bridgehead atoms. The standard InChI is InChI=1S/C21H25ClN6O2/c22-16-4-1-2-5-17(16)25-21(30)18-14-24-19-15-27(12-13-28(18)19)20(29)6-3-9-26-10-7-23-8-11-26/h1-6,14,23H,7-13,15H2,(H,25,30)/b6-3+. The van der Waals surface area contributed by atoms with Gasteiger partial charge >= 0.3 is 0 Å². The molecule has 2 aliphatic rings. The quantitative estimate of drug-likeness (QED) is 0.707. The predicted octanol–water partition coefficient (Wildman–Crippen LogP) is 1.59. The van der Waals surface area contributed by atoms with Gasteiger partial charge in [0.1, 0.15) is 11.5 Å².